The van der Waals surface area contributed by atoms with Crippen molar-refractivity contribution < 1.29 is 0 Å². The van der Waals surface area contributed by atoms with Crippen molar-refractivity contribution in [3.8, 4) is 0 Å². The van der Waals surface area contributed by atoms with E-state index in [1.54, 1.807) is 18.3 Å². The summed E-state index contributed by atoms with van der Waals surface area (Å²) in [6, 6.07) is 5.44. The van der Waals surface area contributed by atoms with Gasteiger partial charge in [-0.05, 0) is 55.0 Å². The molecule has 0 saturated carbocycles. The number of nitrogens with two attached hydrogens (primary N) is 2. The van der Waals surface area contributed by atoms with Crippen LogP contribution in [0.15, 0.2) is 34.6 Å². The van der Waals surface area contributed by atoms with E-state index in [-0.39, 0.29) is 24.3 Å². The van der Waals surface area contributed by atoms with E-state index in [4.69, 9.17) is 34.7 Å². The van der Waals surface area contributed by atoms with Gasteiger partial charge in [0.1, 0.15) is 0 Å². The highest BCUT2D eigenvalue weighted by molar-refractivity contribution is 6.33. The standard InChI is InChI=1S/C16H16Cl2N6.ClH/c1-8-7-21-22-13-4-9(11-6-10(17)2-3-12(11)18)5-14(15(8)13)23-24-16(19)20;/h2-3,6-7,9H,4-5H2,1H3,(H4,19,20,24);1H/b23-14+;. The molecule has 0 amide bonds. The first-order valence-corrected chi connectivity index (χ1v) is 8.13. The molecule has 1 aliphatic rings. The third-order valence-electron chi connectivity index (χ3n) is 3.96. The second-order valence-corrected chi connectivity index (χ2v) is 6.54. The SMILES string of the molecule is Cc1cnnc2c1/C(=N/N=C(N)N)CC(c1cc(Cl)ccc1Cl)C2.Cl. The molecule has 0 spiro atoms. The van der Waals surface area contributed by atoms with Crippen LogP contribution in [-0.4, -0.2) is 21.9 Å². The molecule has 25 heavy (non-hydrogen) atoms. The zero-order valence-corrected chi connectivity index (χ0v) is 15.7. The van der Waals surface area contributed by atoms with Crippen molar-refractivity contribution in [3.63, 3.8) is 0 Å². The van der Waals surface area contributed by atoms with E-state index < -0.39 is 0 Å². The van der Waals surface area contributed by atoms with Crippen LogP contribution in [0.2, 0.25) is 10.0 Å². The summed E-state index contributed by atoms with van der Waals surface area (Å²) in [7, 11) is 0. The maximum Gasteiger partial charge on any atom is 0.211 e. The zero-order chi connectivity index (χ0) is 17.3. The molecule has 2 aromatic rings. The van der Waals surface area contributed by atoms with Crippen molar-refractivity contribution >= 4 is 47.3 Å². The number of guanidine groups is 1. The van der Waals surface area contributed by atoms with Gasteiger partial charge in [-0.15, -0.1) is 17.5 Å². The van der Waals surface area contributed by atoms with Crippen molar-refractivity contribution in [2.75, 3.05) is 0 Å². The molecule has 1 unspecified atom stereocenters. The Labute approximate surface area is 161 Å². The molecule has 1 atom stereocenters. The molecule has 0 aliphatic heterocycles. The van der Waals surface area contributed by atoms with Gasteiger partial charge in [0.25, 0.3) is 0 Å². The Morgan fingerprint density at radius 2 is 2.00 bits per heavy atom. The molecular formula is C16H17Cl3N6. The number of nitrogens with zero attached hydrogens (tertiary/aromatic N) is 4. The average molecular weight is 400 g/mol. The summed E-state index contributed by atoms with van der Waals surface area (Å²) in [4.78, 5) is 0. The molecule has 132 valence electrons. The van der Waals surface area contributed by atoms with E-state index in [2.05, 4.69) is 20.4 Å². The van der Waals surface area contributed by atoms with E-state index in [0.717, 1.165) is 28.1 Å². The van der Waals surface area contributed by atoms with E-state index >= 15 is 0 Å². The Balaban J connectivity index is 0.00000225. The molecule has 3 rings (SSSR count). The highest BCUT2D eigenvalue weighted by Gasteiger charge is 2.29. The topological polar surface area (TPSA) is 103 Å². The minimum Gasteiger partial charge on any atom is -0.369 e. The van der Waals surface area contributed by atoms with Crippen LogP contribution in [0.4, 0.5) is 0 Å². The molecule has 0 saturated heterocycles. The van der Waals surface area contributed by atoms with Gasteiger partial charge in [0.05, 0.1) is 17.6 Å². The number of hydrogen-bond donors (Lipinski definition) is 2. The summed E-state index contributed by atoms with van der Waals surface area (Å²) >= 11 is 12.5. The molecule has 1 aromatic carbocycles. The number of fused-ring (bicyclic) bond motifs is 1. The number of aryl methyl sites for hydroxylation is 1. The third kappa shape index (κ3) is 4.21. The second-order valence-electron chi connectivity index (χ2n) is 5.69. The van der Waals surface area contributed by atoms with Crippen LogP contribution in [0.1, 0.15) is 34.7 Å². The Kier molecular flexibility index (Phi) is 6.21. The summed E-state index contributed by atoms with van der Waals surface area (Å²) in [5.74, 6) is -0.0145. The monoisotopic (exact) mass is 398 g/mol. The van der Waals surface area contributed by atoms with Crippen LogP contribution in [0.25, 0.3) is 0 Å². The van der Waals surface area contributed by atoms with Gasteiger partial charge in [-0.3, -0.25) is 0 Å². The highest BCUT2D eigenvalue weighted by atomic mass is 35.5. The van der Waals surface area contributed by atoms with Crippen LogP contribution in [-0.2, 0) is 6.42 Å². The fourth-order valence-electron chi connectivity index (χ4n) is 2.96. The molecule has 6 nitrogen and oxygen atoms in total. The zero-order valence-electron chi connectivity index (χ0n) is 13.4. The fourth-order valence-corrected chi connectivity index (χ4v) is 3.41. The molecule has 1 aromatic heterocycles. The predicted octanol–water partition coefficient (Wildman–Crippen LogP) is 3.22. The largest absolute Gasteiger partial charge is 0.369 e. The molecule has 0 bridgehead atoms. The lowest BCUT2D eigenvalue weighted by molar-refractivity contribution is 0.665. The number of hydrogen-bond acceptors (Lipinski definition) is 4. The molecular weight excluding hydrogens is 383 g/mol. The van der Waals surface area contributed by atoms with E-state index in [9.17, 15) is 0 Å². The number of aromatic nitrogens is 2. The van der Waals surface area contributed by atoms with Gasteiger partial charge in [0, 0.05) is 15.6 Å². The Morgan fingerprint density at radius 3 is 2.72 bits per heavy atom. The third-order valence-corrected chi connectivity index (χ3v) is 4.54. The quantitative estimate of drug-likeness (QED) is 0.460. The van der Waals surface area contributed by atoms with Crippen LogP contribution >= 0.6 is 35.6 Å². The predicted molar refractivity (Wildman–Crippen MR) is 104 cm³/mol. The van der Waals surface area contributed by atoms with Crippen LogP contribution in [0.3, 0.4) is 0 Å². The molecule has 0 radical (unpaired) electrons. The number of benzene rings is 1. The van der Waals surface area contributed by atoms with Crippen LogP contribution in [0.5, 0.6) is 0 Å². The van der Waals surface area contributed by atoms with Gasteiger partial charge < -0.3 is 11.5 Å². The minimum absolute atomic E-state index is 0. The van der Waals surface area contributed by atoms with Crippen LogP contribution < -0.4 is 11.5 Å². The molecule has 1 aliphatic carbocycles. The van der Waals surface area contributed by atoms with Gasteiger partial charge in [0.2, 0.25) is 5.96 Å². The average Bonchev–Trinajstić information content (AvgIpc) is 2.54. The van der Waals surface area contributed by atoms with E-state index in [1.807, 2.05) is 13.0 Å². The smallest absolute Gasteiger partial charge is 0.211 e. The summed E-state index contributed by atoms with van der Waals surface area (Å²) in [6.07, 6.45) is 3.04. The first-order chi connectivity index (χ1) is 11.5. The van der Waals surface area contributed by atoms with Crippen molar-refractivity contribution in [1.82, 2.24) is 10.2 Å². The molecule has 1 heterocycles. The molecule has 0 fully saturated rings. The summed E-state index contributed by atoms with van der Waals surface area (Å²) in [5, 5.41) is 17.6. The van der Waals surface area contributed by atoms with Gasteiger partial charge >= 0.3 is 0 Å². The Hall–Kier alpha value is -1.89. The Morgan fingerprint density at radius 1 is 1.24 bits per heavy atom. The number of rotatable bonds is 2. The minimum atomic E-state index is -0.0911. The van der Waals surface area contributed by atoms with Crippen molar-refractivity contribution in [3.05, 3.63) is 56.8 Å². The molecule has 9 heteroatoms. The Bertz CT molecular complexity index is 846. The first kappa shape index (κ1) is 19.4. The maximum absolute atomic E-state index is 6.36. The summed E-state index contributed by atoms with van der Waals surface area (Å²) < 4.78 is 0. The van der Waals surface area contributed by atoms with Gasteiger partial charge in [-0.1, -0.05) is 23.2 Å². The van der Waals surface area contributed by atoms with Gasteiger partial charge in [0.15, 0.2) is 0 Å². The van der Waals surface area contributed by atoms with E-state index in [0.29, 0.717) is 22.9 Å². The van der Waals surface area contributed by atoms with Crippen LogP contribution in [0, 0.1) is 6.92 Å². The lowest BCUT2D eigenvalue weighted by Crippen LogP contribution is -2.24. The van der Waals surface area contributed by atoms with E-state index in [1.165, 1.54) is 0 Å². The normalized spacial score (nSPS) is 17.6. The molecule has 4 N–H and O–H groups in total. The lowest BCUT2D eigenvalue weighted by Gasteiger charge is -2.26. The highest BCUT2D eigenvalue weighted by Crippen LogP contribution is 2.37. The summed E-state index contributed by atoms with van der Waals surface area (Å²) in [5.41, 5.74) is 15.3. The van der Waals surface area contributed by atoms with Gasteiger partial charge in [-0.2, -0.15) is 15.3 Å². The van der Waals surface area contributed by atoms with Gasteiger partial charge in [-0.25, -0.2) is 0 Å². The maximum atomic E-state index is 6.36. The lowest BCUT2D eigenvalue weighted by atomic mass is 9.80. The second kappa shape index (κ2) is 7.99. The van der Waals surface area contributed by atoms with Crippen molar-refractivity contribution in [2.45, 2.75) is 25.7 Å². The first-order valence-electron chi connectivity index (χ1n) is 7.37. The van der Waals surface area contributed by atoms with Crippen molar-refractivity contribution in [2.24, 2.45) is 21.7 Å². The van der Waals surface area contributed by atoms with Crippen molar-refractivity contribution in [1.29, 1.82) is 0 Å². The number of halogens is 3. The fraction of sp³-hybridized carbons (Fsp3) is 0.250. The summed E-state index contributed by atoms with van der Waals surface area (Å²) in [6.45, 7) is 1.96.